The summed E-state index contributed by atoms with van der Waals surface area (Å²) in [6.07, 6.45) is 2.16. The third-order valence-corrected chi connectivity index (χ3v) is 3.72. The van der Waals surface area contributed by atoms with Crippen molar-refractivity contribution in [1.29, 1.82) is 0 Å². The molecule has 2 aromatic rings. The number of halogens is 1. The summed E-state index contributed by atoms with van der Waals surface area (Å²) in [4.78, 5) is 0. The van der Waals surface area contributed by atoms with E-state index in [-0.39, 0.29) is 0 Å². The van der Waals surface area contributed by atoms with Gasteiger partial charge < -0.3 is 5.32 Å². The van der Waals surface area contributed by atoms with Crippen molar-refractivity contribution in [3.05, 3.63) is 70.2 Å². The van der Waals surface area contributed by atoms with Crippen LogP contribution in [-0.4, -0.2) is 7.05 Å². The molecule has 2 rings (SSSR count). The van der Waals surface area contributed by atoms with Crippen molar-refractivity contribution in [2.45, 2.75) is 25.8 Å². The molecule has 0 aliphatic rings. The van der Waals surface area contributed by atoms with Gasteiger partial charge in [0.05, 0.1) is 0 Å². The normalized spacial score (nSPS) is 12.4. The van der Waals surface area contributed by atoms with E-state index < -0.39 is 0 Å². The van der Waals surface area contributed by atoms with E-state index in [1.165, 1.54) is 16.7 Å². The number of benzene rings is 2. The quantitative estimate of drug-likeness (QED) is 0.843. The maximum Gasteiger partial charge on any atom is 0.0406 e. The van der Waals surface area contributed by atoms with Crippen LogP contribution < -0.4 is 5.32 Å². The molecule has 0 heterocycles. The molecule has 0 spiro atoms. The molecule has 0 aliphatic carbocycles. The molecule has 0 fully saturated rings. The Morgan fingerprint density at radius 3 is 2.21 bits per heavy atom. The Kier molecular flexibility index (Phi) is 5.00. The van der Waals surface area contributed by atoms with Gasteiger partial charge >= 0.3 is 0 Å². The van der Waals surface area contributed by atoms with Gasteiger partial charge in [-0.2, -0.15) is 0 Å². The second-order valence-corrected chi connectivity index (χ2v) is 5.35. The van der Waals surface area contributed by atoms with Crippen molar-refractivity contribution in [3.63, 3.8) is 0 Å². The molecule has 1 N–H and O–H groups in total. The highest BCUT2D eigenvalue weighted by Crippen LogP contribution is 2.21. The van der Waals surface area contributed by atoms with Crippen LogP contribution in [0.1, 0.15) is 29.2 Å². The Morgan fingerprint density at radius 1 is 1.00 bits per heavy atom. The van der Waals surface area contributed by atoms with Crippen LogP contribution in [0.15, 0.2) is 48.5 Å². The van der Waals surface area contributed by atoms with Gasteiger partial charge in [-0.25, -0.2) is 0 Å². The van der Waals surface area contributed by atoms with Crippen LogP contribution in [0.25, 0.3) is 0 Å². The van der Waals surface area contributed by atoms with E-state index in [4.69, 9.17) is 11.6 Å². The summed E-state index contributed by atoms with van der Waals surface area (Å²) in [5.41, 5.74) is 3.99. The second-order valence-electron chi connectivity index (χ2n) is 4.92. The number of nitrogens with one attached hydrogen (secondary N) is 1. The van der Waals surface area contributed by atoms with Crippen LogP contribution in [0.5, 0.6) is 0 Å². The van der Waals surface area contributed by atoms with Crippen LogP contribution >= 0.6 is 11.6 Å². The third-order valence-electron chi connectivity index (χ3n) is 3.46. The first-order chi connectivity index (χ1) is 9.19. The fourth-order valence-electron chi connectivity index (χ4n) is 2.24. The highest BCUT2D eigenvalue weighted by molar-refractivity contribution is 6.30. The van der Waals surface area contributed by atoms with Crippen LogP contribution in [0.2, 0.25) is 5.02 Å². The first-order valence-electron chi connectivity index (χ1n) is 6.67. The van der Waals surface area contributed by atoms with Gasteiger partial charge in [-0.3, -0.25) is 0 Å². The van der Waals surface area contributed by atoms with Crippen LogP contribution in [0.4, 0.5) is 0 Å². The topological polar surface area (TPSA) is 12.0 Å². The third kappa shape index (κ3) is 4.09. The van der Waals surface area contributed by atoms with Gasteiger partial charge in [0.25, 0.3) is 0 Å². The predicted octanol–water partition coefficient (Wildman–Crippen LogP) is 4.54. The number of hydrogen-bond donors (Lipinski definition) is 1. The highest BCUT2D eigenvalue weighted by atomic mass is 35.5. The molecule has 100 valence electrons. The van der Waals surface area contributed by atoms with E-state index >= 15 is 0 Å². The SMILES string of the molecule is CNC(CCc1ccc(C)cc1)c1ccc(Cl)cc1. The Labute approximate surface area is 120 Å². The maximum atomic E-state index is 5.93. The summed E-state index contributed by atoms with van der Waals surface area (Å²) in [5, 5.41) is 4.17. The summed E-state index contributed by atoms with van der Waals surface area (Å²) in [5.74, 6) is 0. The number of aryl methyl sites for hydroxylation is 2. The maximum absolute atomic E-state index is 5.93. The minimum Gasteiger partial charge on any atom is -0.313 e. The Balaban J connectivity index is 1.99. The molecule has 0 saturated carbocycles. The Morgan fingerprint density at radius 2 is 1.63 bits per heavy atom. The lowest BCUT2D eigenvalue weighted by Gasteiger charge is -2.16. The van der Waals surface area contributed by atoms with Crippen molar-refractivity contribution in [2.24, 2.45) is 0 Å². The Bertz CT molecular complexity index is 502. The van der Waals surface area contributed by atoms with Gasteiger partial charge in [0.15, 0.2) is 0 Å². The lowest BCUT2D eigenvalue weighted by atomic mass is 9.99. The van der Waals surface area contributed by atoms with Gasteiger partial charge in [-0.05, 0) is 50.1 Å². The smallest absolute Gasteiger partial charge is 0.0406 e. The summed E-state index contributed by atoms with van der Waals surface area (Å²) < 4.78 is 0. The molecule has 0 saturated heterocycles. The average molecular weight is 274 g/mol. The molecule has 0 bridgehead atoms. The van der Waals surface area contributed by atoms with Gasteiger partial charge in [-0.1, -0.05) is 53.6 Å². The summed E-state index contributed by atoms with van der Waals surface area (Å²) in [6.45, 7) is 2.12. The minimum atomic E-state index is 0.374. The molecular weight excluding hydrogens is 254 g/mol. The molecule has 0 radical (unpaired) electrons. The molecule has 0 amide bonds. The van der Waals surface area contributed by atoms with Gasteiger partial charge in [0.2, 0.25) is 0 Å². The summed E-state index contributed by atoms with van der Waals surface area (Å²) >= 11 is 5.93. The fourth-order valence-corrected chi connectivity index (χ4v) is 2.36. The zero-order chi connectivity index (χ0) is 13.7. The average Bonchev–Trinajstić information content (AvgIpc) is 2.43. The van der Waals surface area contributed by atoms with Crippen LogP contribution in [0, 0.1) is 6.92 Å². The highest BCUT2D eigenvalue weighted by Gasteiger charge is 2.09. The zero-order valence-corrected chi connectivity index (χ0v) is 12.2. The van der Waals surface area contributed by atoms with E-state index in [1.54, 1.807) is 0 Å². The standard InChI is InChI=1S/C17H20ClN/c1-13-3-5-14(6-4-13)7-12-17(19-2)15-8-10-16(18)11-9-15/h3-6,8-11,17,19H,7,12H2,1-2H3. The molecule has 1 nitrogen and oxygen atoms in total. The molecule has 2 aromatic carbocycles. The van der Waals surface area contributed by atoms with E-state index in [1.807, 2.05) is 19.2 Å². The van der Waals surface area contributed by atoms with Crippen molar-refractivity contribution in [1.82, 2.24) is 5.32 Å². The predicted molar refractivity (Wildman–Crippen MR) is 82.8 cm³/mol. The molecule has 0 aliphatic heterocycles. The van der Waals surface area contributed by atoms with E-state index in [0.717, 1.165) is 17.9 Å². The first-order valence-corrected chi connectivity index (χ1v) is 7.05. The van der Waals surface area contributed by atoms with Gasteiger partial charge in [0.1, 0.15) is 0 Å². The molecule has 1 unspecified atom stereocenters. The molecule has 0 aromatic heterocycles. The van der Waals surface area contributed by atoms with Crippen molar-refractivity contribution in [3.8, 4) is 0 Å². The van der Waals surface area contributed by atoms with Crippen molar-refractivity contribution < 1.29 is 0 Å². The molecule has 2 heteroatoms. The van der Waals surface area contributed by atoms with Crippen molar-refractivity contribution in [2.75, 3.05) is 7.05 Å². The second kappa shape index (κ2) is 6.74. The van der Waals surface area contributed by atoms with E-state index in [9.17, 15) is 0 Å². The number of hydrogen-bond acceptors (Lipinski definition) is 1. The van der Waals surface area contributed by atoms with Crippen LogP contribution in [-0.2, 0) is 6.42 Å². The van der Waals surface area contributed by atoms with Gasteiger partial charge in [-0.15, -0.1) is 0 Å². The summed E-state index contributed by atoms with van der Waals surface area (Å²) in [7, 11) is 2.01. The fraction of sp³-hybridized carbons (Fsp3) is 0.294. The minimum absolute atomic E-state index is 0.374. The monoisotopic (exact) mass is 273 g/mol. The number of rotatable bonds is 5. The molecular formula is C17H20ClN. The van der Waals surface area contributed by atoms with Crippen molar-refractivity contribution >= 4 is 11.6 Å². The first kappa shape index (κ1) is 14.1. The van der Waals surface area contributed by atoms with E-state index in [0.29, 0.717) is 6.04 Å². The van der Waals surface area contributed by atoms with E-state index in [2.05, 4.69) is 48.6 Å². The zero-order valence-electron chi connectivity index (χ0n) is 11.5. The Hall–Kier alpha value is -1.31. The lowest BCUT2D eigenvalue weighted by Crippen LogP contribution is -2.17. The van der Waals surface area contributed by atoms with Crippen LogP contribution in [0.3, 0.4) is 0 Å². The molecule has 1 atom stereocenters. The largest absolute Gasteiger partial charge is 0.313 e. The van der Waals surface area contributed by atoms with Gasteiger partial charge in [0, 0.05) is 11.1 Å². The molecule has 19 heavy (non-hydrogen) atoms. The lowest BCUT2D eigenvalue weighted by molar-refractivity contribution is 0.549. The summed E-state index contributed by atoms with van der Waals surface area (Å²) in [6, 6.07) is 17.2.